The highest BCUT2D eigenvalue weighted by molar-refractivity contribution is 7.89. The number of nitrogens with zero attached hydrogens (tertiary/aromatic N) is 1. The van der Waals surface area contributed by atoms with Gasteiger partial charge in [-0.15, -0.1) is 0 Å². The van der Waals surface area contributed by atoms with Gasteiger partial charge >= 0.3 is 0 Å². The number of nitrogens with two attached hydrogens (primary N) is 1. The molecule has 0 amide bonds. The van der Waals surface area contributed by atoms with E-state index in [4.69, 9.17) is 5.73 Å². The second-order valence-corrected chi connectivity index (χ2v) is 6.66. The monoisotopic (exact) mass is 274 g/mol. The third-order valence-electron chi connectivity index (χ3n) is 2.54. The molecule has 18 heavy (non-hydrogen) atoms. The Kier molecular flexibility index (Phi) is 4.84. The SMILES string of the molecule is CC(C)CN(C)S(=O)(=O)c1cc(CN)ccc1F. The van der Waals surface area contributed by atoms with Crippen molar-refractivity contribution in [2.24, 2.45) is 11.7 Å². The average molecular weight is 274 g/mol. The fourth-order valence-corrected chi connectivity index (χ4v) is 3.10. The van der Waals surface area contributed by atoms with E-state index in [-0.39, 0.29) is 17.4 Å². The average Bonchev–Trinajstić information content (AvgIpc) is 2.28. The summed E-state index contributed by atoms with van der Waals surface area (Å²) in [6, 6.07) is 3.91. The summed E-state index contributed by atoms with van der Waals surface area (Å²) in [7, 11) is -2.35. The van der Waals surface area contributed by atoms with Crippen molar-refractivity contribution in [3.63, 3.8) is 0 Å². The molecule has 1 aromatic carbocycles. The van der Waals surface area contributed by atoms with E-state index in [0.717, 1.165) is 10.4 Å². The van der Waals surface area contributed by atoms with E-state index in [2.05, 4.69) is 0 Å². The van der Waals surface area contributed by atoms with Crippen molar-refractivity contribution in [3.05, 3.63) is 29.6 Å². The Morgan fingerprint density at radius 3 is 2.50 bits per heavy atom. The van der Waals surface area contributed by atoms with E-state index in [0.29, 0.717) is 12.1 Å². The molecule has 0 radical (unpaired) electrons. The minimum Gasteiger partial charge on any atom is -0.326 e. The highest BCUT2D eigenvalue weighted by atomic mass is 32.2. The molecule has 4 nitrogen and oxygen atoms in total. The van der Waals surface area contributed by atoms with Gasteiger partial charge in [0.25, 0.3) is 0 Å². The molecule has 0 atom stereocenters. The first-order valence-corrected chi connectivity index (χ1v) is 7.18. The molecule has 0 saturated carbocycles. The van der Waals surface area contributed by atoms with Crippen LogP contribution in [0.1, 0.15) is 19.4 Å². The second kappa shape index (κ2) is 5.77. The summed E-state index contributed by atoms with van der Waals surface area (Å²) in [6.07, 6.45) is 0. The van der Waals surface area contributed by atoms with E-state index >= 15 is 0 Å². The smallest absolute Gasteiger partial charge is 0.245 e. The summed E-state index contributed by atoms with van der Waals surface area (Å²) in [5, 5.41) is 0. The third-order valence-corrected chi connectivity index (χ3v) is 4.38. The molecule has 1 rings (SSSR count). The number of hydrogen-bond donors (Lipinski definition) is 1. The molecular weight excluding hydrogens is 255 g/mol. The lowest BCUT2D eigenvalue weighted by molar-refractivity contribution is 0.414. The van der Waals surface area contributed by atoms with Crippen molar-refractivity contribution >= 4 is 10.0 Å². The summed E-state index contributed by atoms with van der Waals surface area (Å²) < 4.78 is 39.2. The van der Waals surface area contributed by atoms with Gasteiger partial charge in [-0.2, -0.15) is 0 Å². The van der Waals surface area contributed by atoms with Crippen LogP contribution < -0.4 is 5.73 Å². The van der Waals surface area contributed by atoms with E-state index in [1.54, 1.807) is 0 Å². The van der Waals surface area contributed by atoms with Gasteiger partial charge in [0, 0.05) is 20.1 Å². The molecule has 0 aromatic heterocycles. The lowest BCUT2D eigenvalue weighted by Crippen LogP contribution is -2.31. The largest absolute Gasteiger partial charge is 0.326 e. The van der Waals surface area contributed by atoms with Crippen LogP contribution in [0.5, 0.6) is 0 Å². The molecule has 0 aliphatic carbocycles. The summed E-state index contributed by atoms with van der Waals surface area (Å²) in [5.41, 5.74) is 6.03. The van der Waals surface area contributed by atoms with Gasteiger partial charge in [-0.25, -0.2) is 17.1 Å². The molecule has 0 saturated heterocycles. The molecule has 0 spiro atoms. The third kappa shape index (κ3) is 3.28. The fraction of sp³-hybridized carbons (Fsp3) is 0.500. The van der Waals surface area contributed by atoms with Crippen molar-refractivity contribution in [1.29, 1.82) is 0 Å². The van der Waals surface area contributed by atoms with Crippen molar-refractivity contribution in [2.75, 3.05) is 13.6 Å². The van der Waals surface area contributed by atoms with Crippen LogP contribution in [0.25, 0.3) is 0 Å². The topological polar surface area (TPSA) is 63.4 Å². The lowest BCUT2D eigenvalue weighted by atomic mass is 10.2. The number of hydrogen-bond acceptors (Lipinski definition) is 3. The molecule has 6 heteroatoms. The van der Waals surface area contributed by atoms with Crippen molar-refractivity contribution in [3.8, 4) is 0 Å². The molecule has 0 unspecified atom stereocenters. The lowest BCUT2D eigenvalue weighted by Gasteiger charge is -2.19. The van der Waals surface area contributed by atoms with E-state index in [1.807, 2.05) is 13.8 Å². The maximum Gasteiger partial charge on any atom is 0.245 e. The Morgan fingerprint density at radius 1 is 1.39 bits per heavy atom. The first-order chi connectivity index (χ1) is 8.28. The quantitative estimate of drug-likeness (QED) is 0.886. The van der Waals surface area contributed by atoms with Gasteiger partial charge in [0.05, 0.1) is 0 Å². The van der Waals surface area contributed by atoms with Crippen LogP contribution in [0, 0.1) is 11.7 Å². The predicted octanol–water partition coefficient (Wildman–Crippen LogP) is 1.56. The van der Waals surface area contributed by atoms with Crippen LogP contribution >= 0.6 is 0 Å². The highest BCUT2D eigenvalue weighted by Crippen LogP contribution is 2.20. The van der Waals surface area contributed by atoms with Gasteiger partial charge in [0.2, 0.25) is 10.0 Å². The van der Waals surface area contributed by atoms with Crippen LogP contribution in [0.3, 0.4) is 0 Å². The maximum absolute atomic E-state index is 13.7. The Hall–Kier alpha value is -0.980. The van der Waals surface area contributed by atoms with Gasteiger partial charge in [0.1, 0.15) is 10.7 Å². The predicted molar refractivity (Wildman–Crippen MR) is 68.9 cm³/mol. The summed E-state index contributed by atoms with van der Waals surface area (Å²) in [4.78, 5) is -0.311. The first kappa shape index (κ1) is 15.1. The standard InChI is InChI=1S/C12H19FN2O2S/c1-9(2)8-15(3)18(16,17)12-6-10(7-14)4-5-11(12)13/h4-6,9H,7-8,14H2,1-3H3. The Labute approximate surface area is 108 Å². The van der Waals surface area contributed by atoms with E-state index < -0.39 is 15.8 Å². The number of benzene rings is 1. The van der Waals surface area contributed by atoms with Crippen LogP contribution in [0.15, 0.2) is 23.1 Å². The highest BCUT2D eigenvalue weighted by Gasteiger charge is 2.25. The molecule has 0 heterocycles. The Bertz CT molecular complexity index is 515. The van der Waals surface area contributed by atoms with Crippen molar-refractivity contribution in [2.45, 2.75) is 25.3 Å². The summed E-state index contributed by atoms with van der Waals surface area (Å²) >= 11 is 0. The van der Waals surface area contributed by atoms with Crippen LogP contribution in [-0.4, -0.2) is 26.3 Å². The second-order valence-electron chi connectivity index (χ2n) is 4.65. The molecule has 0 aliphatic heterocycles. The Balaban J connectivity index is 3.19. The molecular formula is C12H19FN2O2S. The summed E-state index contributed by atoms with van der Waals surface area (Å²) in [5.74, 6) is -0.576. The van der Waals surface area contributed by atoms with Gasteiger partial charge in [-0.3, -0.25) is 0 Å². The van der Waals surface area contributed by atoms with Crippen molar-refractivity contribution < 1.29 is 12.8 Å². The van der Waals surface area contributed by atoms with Gasteiger partial charge in [-0.05, 0) is 23.6 Å². The van der Waals surface area contributed by atoms with Gasteiger partial charge in [-0.1, -0.05) is 19.9 Å². The minimum atomic E-state index is -3.79. The minimum absolute atomic E-state index is 0.172. The molecule has 0 fully saturated rings. The Morgan fingerprint density at radius 2 is 2.00 bits per heavy atom. The number of rotatable bonds is 5. The molecule has 0 aliphatic rings. The normalized spacial score (nSPS) is 12.4. The number of sulfonamides is 1. The van der Waals surface area contributed by atoms with Crippen LogP contribution in [0.4, 0.5) is 4.39 Å². The van der Waals surface area contributed by atoms with E-state index in [1.165, 1.54) is 19.2 Å². The van der Waals surface area contributed by atoms with Crippen LogP contribution in [0.2, 0.25) is 0 Å². The zero-order valence-corrected chi connectivity index (χ0v) is 11.7. The zero-order chi connectivity index (χ0) is 13.9. The van der Waals surface area contributed by atoms with E-state index in [9.17, 15) is 12.8 Å². The van der Waals surface area contributed by atoms with Gasteiger partial charge < -0.3 is 5.73 Å². The summed E-state index contributed by atoms with van der Waals surface area (Å²) in [6.45, 7) is 4.32. The molecule has 0 bridgehead atoms. The first-order valence-electron chi connectivity index (χ1n) is 5.74. The van der Waals surface area contributed by atoms with Gasteiger partial charge in [0.15, 0.2) is 0 Å². The number of halogens is 1. The van der Waals surface area contributed by atoms with Crippen molar-refractivity contribution in [1.82, 2.24) is 4.31 Å². The molecule has 2 N–H and O–H groups in total. The molecule has 1 aromatic rings. The fourth-order valence-electron chi connectivity index (χ4n) is 1.65. The molecule has 102 valence electrons. The maximum atomic E-state index is 13.7. The zero-order valence-electron chi connectivity index (χ0n) is 10.9. The van der Waals surface area contributed by atoms with Crippen LogP contribution in [-0.2, 0) is 16.6 Å².